The van der Waals surface area contributed by atoms with Crippen LogP contribution >= 0.6 is 27.5 Å². The van der Waals surface area contributed by atoms with Gasteiger partial charge in [0.25, 0.3) is 0 Å². The highest BCUT2D eigenvalue weighted by atomic mass is 79.9. The van der Waals surface area contributed by atoms with Gasteiger partial charge in [-0.1, -0.05) is 39.7 Å². The Morgan fingerprint density at radius 1 is 1.19 bits per heavy atom. The molecule has 0 fully saturated rings. The van der Waals surface area contributed by atoms with Crippen LogP contribution in [0.4, 0.5) is 10.1 Å². The van der Waals surface area contributed by atoms with Crippen LogP contribution in [-0.2, 0) is 0 Å². The van der Waals surface area contributed by atoms with E-state index in [-0.39, 0.29) is 5.82 Å². The molecule has 0 amide bonds. The predicted molar refractivity (Wildman–Crippen MR) is 86.1 cm³/mol. The summed E-state index contributed by atoms with van der Waals surface area (Å²) in [4.78, 5) is 0. The molecular weight excluding hydrogens is 357 g/mol. The molecule has 3 rings (SSSR count). The van der Waals surface area contributed by atoms with Crippen LogP contribution in [0.3, 0.4) is 0 Å². The lowest BCUT2D eigenvalue weighted by molar-refractivity contribution is 0.629. The standard InChI is InChI=1S/C15H10BrClFN3/c16-9-5-6-10(12(18)7-9)15-13(19)8-21(20-15)14-4-2-1-3-11(14)17/h1-8H,19H2. The molecule has 1 heterocycles. The number of hydrogen-bond donors (Lipinski definition) is 1. The summed E-state index contributed by atoms with van der Waals surface area (Å²) in [5, 5.41) is 4.90. The first-order valence-electron chi connectivity index (χ1n) is 6.12. The second-order valence-corrected chi connectivity index (χ2v) is 5.78. The molecule has 2 aromatic carbocycles. The van der Waals surface area contributed by atoms with Gasteiger partial charge in [0.1, 0.15) is 11.5 Å². The quantitative estimate of drug-likeness (QED) is 0.716. The predicted octanol–water partition coefficient (Wildman–Crippen LogP) is 4.68. The Kier molecular flexibility index (Phi) is 3.69. The normalized spacial score (nSPS) is 10.8. The van der Waals surface area contributed by atoms with Gasteiger partial charge in [-0.2, -0.15) is 5.10 Å². The van der Waals surface area contributed by atoms with E-state index in [1.165, 1.54) is 6.07 Å². The molecule has 0 aliphatic carbocycles. The third-order valence-electron chi connectivity index (χ3n) is 3.03. The Bertz CT molecular complexity index is 816. The molecule has 3 aromatic rings. The number of benzene rings is 2. The second kappa shape index (κ2) is 5.50. The van der Waals surface area contributed by atoms with Gasteiger partial charge < -0.3 is 5.73 Å². The first-order chi connectivity index (χ1) is 10.1. The summed E-state index contributed by atoms with van der Waals surface area (Å²) in [6.07, 6.45) is 1.62. The van der Waals surface area contributed by atoms with Crippen molar-refractivity contribution in [2.75, 3.05) is 5.73 Å². The van der Waals surface area contributed by atoms with Crippen LogP contribution < -0.4 is 5.73 Å². The molecule has 1 aromatic heterocycles. The van der Waals surface area contributed by atoms with Crippen LogP contribution in [0.5, 0.6) is 0 Å². The van der Waals surface area contributed by atoms with Crippen molar-refractivity contribution in [3.63, 3.8) is 0 Å². The van der Waals surface area contributed by atoms with E-state index >= 15 is 0 Å². The molecule has 0 unspecified atom stereocenters. The molecule has 0 spiro atoms. The van der Waals surface area contributed by atoms with Crippen molar-refractivity contribution >= 4 is 33.2 Å². The van der Waals surface area contributed by atoms with E-state index in [9.17, 15) is 4.39 Å². The number of nitrogens with two attached hydrogens (primary N) is 1. The van der Waals surface area contributed by atoms with Crippen LogP contribution in [0.2, 0.25) is 5.02 Å². The summed E-state index contributed by atoms with van der Waals surface area (Å²) in [6.45, 7) is 0. The van der Waals surface area contributed by atoms with E-state index in [1.807, 2.05) is 18.2 Å². The molecule has 0 saturated heterocycles. The summed E-state index contributed by atoms with van der Waals surface area (Å²) in [5.41, 5.74) is 7.78. The van der Waals surface area contributed by atoms with E-state index < -0.39 is 0 Å². The molecule has 0 radical (unpaired) electrons. The minimum Gasteiger partial charge on any atom is -0.396 e. The summed E-state index contributed by atoms with van der Waals surface area (Å²) >= 11 is 9.36. The van der Waals surface area contributed by atoms with E-state index in [4.69, 9.17) is 17.3 Å². The maximum atomic E-state index is 14.0. The topological polar surface area (TPSA) is 43.8 Å². The van der Waals surface area contributed by atoms with Crippen LogP contribution in [0, 0.1) is 5.82 Å². The highest BCUT2D eigenvalue weighted by Gasteiger charge is 2.14. The van der Waals surface area contributed by atoms with E-state index in [0.717, 1.165) is 0 Å². The molecule has 0 atom stereocenters. The van der Waals surface area contributed by atoms with Crippen molar-refractivity contribution in [3.8, 4) is 16.9 Å². The van der Waals surface area contributed by atoms with Crippen molar-refractivity contribution in [2.45, 2.75) is 0 Å². The van der Waals surface area contributed by atoms with Crippen molar-refractivity contribution in [1.82, 2.24) is 9.78 Å². The van der Waals surface area contributed by atoms with Crippen molar-refractivity contribution in [2.24, 2.45) is 0 Å². The zero-order valence-electron chi connectivity index (χ0n) is 10.7. The van der Waals surface area contributed by atoms with Gasteiger partial charge in [0, 0.05) is 10.0 Å². The summed E-state index contributed by atoms with van der Waals surface area (Å²) in [5.74, 6) is -0.388. The van der Waals surface area contributed by atoms with E-state index in [0.29, 0.717) is 32.1 Å². The highest BCUT2D eigenvalue weighted by Crippen LogP contribution is 2.30. The Labute approximate surface area is 134 Å². The Balaban J connectivity index is 2.12. The van der Waals surface area contributed by atoms with Crippen LogP contribution in [-0.4, -0.2) is 9.78 Å². The van der Waals surface area contributed by atoms with E-state index in [1.54, 1.807) is 29.1 Å². The third-order valence-corrected chi connectivity index (χ3v) is 3.84. The Morgan fingerprint density at radius 2 is 1.95 bits per heavy atom. The lowest BCUT2D eigenvalue weighted by Crippen LogP contribution is -1.96. The second-order valence-electron chi connectivity index (χ2n) is 4.45. The number of aromatic nitrogens is 2. The average molecular weight is 367 g/mol. The molecule has 6 heteroatoms. The number of rotatable bonds is 2. The molecule has 21 heavy (non-hydrogen) atoms. The fourth-order valence-electron chi connectivity index (χ4n) is 2.04. The summed E-state index contributed by atoms with van der Waals surface area (Å²) in [6, 6.07) is 12.0. The molecule has 0 bridgehead atoms. The number of nitrogen functional groups attached to an aromatic ring is 1. The lowest BCUT2D eigenvalue weighted by atomic mass is 10.1. The smallest absolute Gasteiger partial charge is 0.133 e. The fraction of sp³-hybridized carbons (Fsp3) is 0. The summed E-state index contributed by atoms with van der Waals surface area (Å²) in [7, 11) is 0. The molecular formula is C15H10BrClFN3. The summed E-state index contributed by atoms with van der Waals surface area (Å²) < 4.78 is 16.3. The molecule has 0 aliphatic heterocycles. The van der Waals surface area contributed by atoms with Crippen LogP contribution in [0.25, 0.3) is 16.9 Å². The van der Waals surface area contributed by atoms with Crippen molar-refractivity contribution < 1.29 is 4.39 Å². The molecule has 0 aliphatic rings. The molecule has 106 valence electrons. The van der Waals surface area contributed by atoms with Gasteiger partial charge in [-0.15, -0.1) is 0 Å². The van der Waals surface area contributed by atoms with Crippen LogP contribution in [0.1, 0.15) is 0 Å². The average Bonchev–Trinajstić information content (AvgIpc) is 2.81. The first kappa shape index (κ1) is 14.1. The van der Waals surface area contributed by atoms with Gasteiger partial charge >= 0.3 is 0 Å². The van der Waals surface area contributed by atoms with Crippen molar-refractivity contribution in [1.29, 1.82) is 0 Å². The zero-order chi connectivity index (χ0) is 15.0. The minimum absolute atomic E-state index is 0.349. The number of halogens is 3. The SMILES string of the molecule is Nc1cn(-c2ccccc2Cl)nc1-c1ccc(Br)cc1F. The Hall–Kier alpha value is -1.85. The molecule has 3 nitrogen and oxygen atoms in total. The van der Waals surface area contributed by atoms with Gasteiger partial charge in [0.05, 0.1) is 22.6 Å². The van der Waals surface area contributed by atoms with Gasteiger partial charge in [-0.05, 0) is 30.3 Å². The van der Waals surface area contributed by atoms with Gasteiger partial charge in [-0.25, -0.2) is 9.07 Å². The lowest BCUT2D eigenvalue weighted by Gasteiger charge is -2.03. The van der Waals surface area contributed by atoms with Crippen LogP contribution in [0.15, 0.2) is 53.1 Å². The van der Waals surface area contributed by atoms with Crippen molar-refractivity contribution in [3.05, 3.63) is 64.0 Å². The third kappa shape index (κ3) is 2.66. The monoisotopic (exact) mass is 365 g/mol. The fourth-order valence-corrected chi connectivity index (χ4v) is 2.59. The highest BCUT2D eigenvalue weighted by molar-refractivity contribution is 9.10. The maximum Gasteiger partial charge on any atom is 0.133 e. The largest absolute Gasteiger partial charge is 0.396 e. The molecule has 0 saturated carbocycles. The first-order valence-corrected chi connectivity index (χ1v) is 7.29. The maximum absolute atomic E-state index is 14.0. The minimum atomic E-state index is -0.388. The molecule has 2 N–H and O–H groups in total. The number of hydrogen-bond acceptors (Lipinski definition) is 2. The van der Waals surface area contributed by atoms with E-state index in [2.05, 4.69) is 21.0 Å². The van der Waals surface area contributed by atoms with Gasteiger partial charge in [0.2, 0.25) is 0 Å². The van der Waals surface area contributed by atoms with Gasteiger partial charge in [0.15, 0.2) is 0 Å². The number of anilines is 1. The number of para-hydroxylation sites is 1. The number of nitrogens with zero attached hydrogens (tertiary/aromatic N) is 2. The zero-order valence-corrected chi connectivity index (χ0v) is 13.1. The van der Waals surface area contributed by atoms with Gasteiger partial charge in [-0.3, -0.25) is 0 Å². The Morgan fingerprint density at radius 3 is 2.67 bits per heavy atom.